The summed E-state index contributed by atoms with van der Waals surface area (Å²) in [5.41, 5.74) is 1.54. The van der Waals surface area contributed by atoms with E-state index in [2.05, 4.69) is 15.0 Å². The summed E-state index contributed by atoms with van der Waals surface area (Å²) in [7, 11) is 0. The molecule has 0 fully saturated rings. The van der Waals surface area contributed by atoms with Crippen molar-refractivity contribution in [3.63, 3.8) is 0 Å². The van der Waals surface area contributed by atoms with Crippen LogP contribution in [-0.4, -0.2) is 15.0 Å². The highest BCUT2D eigenvalue weighted by molar-refractivity contribution is 6.34. The number of nitrogens with zero attached hydrogens (tertiary/aromatic N) is 2. The number of aromatic nitrogens is 3. The smallest absolute Gasteiger partial charge is 0.142 e. The fourth-order valence-corrected chi connectivity index (χ4v) is 1.58. The van der Waals surface area contributed by atoms with Gasteiger partial charge >= 0.3 is 0 Å². The van der Waals surface area contributed by atoms with Gasteiger partial charge in [0.2, 0.25) is 0 Å². The highest BCUT2D eigenvalue weighted by Gasteiger charge is 2.14. The van der Waals surface area contributed by atoms with Crippen molar-refractivity contribution in [2.45, 2.75) is 13.0 Å². The molecule has 0 aliphatic carbocycles. The number of aromatic amines is 1. The second-order valence-corrected chi connectivity index (χ2v) is 3.27. The van der Waals surface area contributed by atoms with Gasteiger partial charge in [0, 0.05) is 11.8 Å². The summed E-state index contributed by atoms with van der Waals surface area (Å²) in [5, 5.41) is 1.15. The minimum atomic E-state index is -0.243. The Morgan fingerprint density at radius 2 is 2.36 bits per heavy atom. The summed E-state index contributed by atoms with van der Waals surface area (Å²) in [5.74, 6) is 5.11. The van der Waals surface area contributed by atoms with E-state index in [0.29, 0.717) is 10.8 Å². The summed E-state index contributed by atoms with van der Waals surface area (Å²) < 4.78 is 0. The van der Waals surface area contributed by atoms with E-state index in [0.717, 1.165) is 10.9 Å². The first-order valence-corrected chi connectivity index (χ1v) is 4.45. The molecule has 3 N–H and O–H groups in total. The molecule has 0 saturated heterocycles. The Hall–Kier alpha value is -1.17. The molecule has 0 amide bonds. The van der Waals surface area contributed by atoms with Gasteiger partial charge in [0.15, 0.2) is 0 Å². The van der Waals surface area contributed by atoms with Gasteiger partial charge in [-0.2, -0.15) is 0 Å². The zero-order valence-electron chi connectivity index (χ0n) is 7.49. The molecule has 0 aliphatic rings. The van der Waals surface area contributed by atoms with Gasteiger partial charge in [-0.3, -0.25) is 4.84 Å². The lowest BCUT2D eigenvalue weighted by Crippen LogP contribution is -2.04. The molecule has 74 valence electrons. The first kappa shape index (κ1) is 9.39. The van der Waals surface area contributed by atoms with Gasteiger partial charge in [-0.15, -0.1) is 0 Å². The molecular weight excluding hydrogens is 204 g/mol. The van der Waals surface area contributed by atoms with E-state index in [-0.39, 0.29) is 6.10 Å². The molecule has 2 rings (SSSR count). The van der Waals surface area contributed by atoms with Crippen LogP contribution < -0.4 is 5.90 Å². The number of halogens is 1. The van der Waals surface area contributed by atoms with E-state index >= 15 is 0 Å². The van der Waals surface area contributed by atoms with Crippen LogP contribution in [0.25, 0.3) is 11.0 Å². The molecule has 0 aliphatic heterocycles. The highest BCUT2D eigenvalue weighted by atomic mass is 35.5. The van der Waals surface area contributed by atoms with Crippen molar-refractivity contribution >= 4 is 22.6 Å². The summed E-state index contributed by atoms with van der Waals surface area (Å²) in [6.45, 7) is 1.83. The number of nitrogens with one attached hydrogen (secondary N) is 1. The number of rotatable bonds is 2. The first-order chi connectivity index (χ1) is 6.74. The maximum atomic E-state index is 5.94. The van der Waals surface area contributed by atoms with Crippen LogP contribution in [0.4, 0.5) is 0 Å². The van der Waals surface area contributed by atoms with Gasteiger partial charge in [-0.1, -0.05) is 11.6 Å². The largest absolute Gasteiger partial charge is 0.346 e. The lowest BCUT2D eigenvalue weighted by molar-refractivity contribution is 0.0674. The molecule has 14 heavy (non-hydrogen) atoms. The average molecular weight is 213 g/mol. The highest BCUT2D eigenvalue weighted by Crippen LogP contribution is 2.28. The second-order valence-electron chi connectivity index (χ2n) is 2.91. The topological polar surface area (TPSA) is 76.8 Å². The van der Waals surface area contributed by atoms with Crippen molar-refractivity contribution in [3.8, 4) is 0 Å². The Morgan fingerprint density at radius 3 is 3.07 bits per heavy atom. The third-order valence-corrected chi connectivity index (χ3v) is 2.38. The van der Waals surface area contributed by atoms with Gasteiger partial charge in [0.05, 0.1) is 5.39 Å². The van der Waals surface area contributed by atoms with E-state index in [9.17, 15) is 0 Å². The molecule has 1 unspecified atom stereocenters. The van der Waals surface area contributed by atoms with Crippen molar-refractivity contribution in [1.82, 2.24) is 15.0 Å². The molecule has 0 radical (unpaired) electrons. The predicted octanol–water partition coefficient (Wildman–Crippen LogP) is 1.56. The fourth-order valence-electron chi connectivity index (χ4n) is 1.34. The van der Waals surface area contributed by atoms with Crippen LogP contribution in [0.2, 0.25) is 5.15 Å². The van der Waals surface area contributed by atoms with Crippen molar-refractivity contribution in [1.29, 1.82) is 0 Å². The summed E-state index contributed by atoms with van der Waals surface area (Å²) in [6, 6.07) is 0. The monoisotopic (exact) mass is 212 g/mol. The third kappa shape index (κ3) is 1.35. The zero-order valence-corrected chi connectivity index (χ0v) is 8.25. The molecular formula is C8H9ClN4O. The minimum Gasteiger partial charge on any atom is -0.346 e. The summed E-state index contributed by atoms with van der Waals surface area (Å²) in [4.78, 5) is 15.6. The maximum absolute atomic E-state index is 5.94. The molecule has 0 spiro atoms. The average Bonchev–Trinajstić information content (AvgIpc) is 2.62. The Labute approximate surface area is 85.2 Å². The first-order valence-electron chi connectivity index (χ1n) is 4.07. The fraction of sp³-hybridized carbons (Fsp3) is 0.250. The van der Waals surface area contributed by atoms with Gasteiger partial charge in [-0.25, -0.2) is 15.9 Å². The van der Waals surface area contributed by atoms with Gasteiger partial charge in [-0.05, 0) is 6.92 Å². The van der Waals surface area contributed by atoms with E-state index < -0.39 is 0 Å². The molecule has 2 aromatic rings. The molecule has 0 bridgehead atoms. The van der Waals surface area contributed by atoms with E-state index in [4.69, 9.17) is 22.3 Å². The molecule has 2 aromatic heterocycles. The molecule has 0 aromatic carbocycles. The standard InChI is InChI=1S/C8H9ClN4O/c1-4(14-10)5-2-11-8-6(5)7(9)12-3-13-8/h2-4H,10H2,1H3,(H,11,12,13). The SMILES string of the molecule is CC(ON)c1c[nH]c2ncnc(Cl)c12. The molecule has 5 nitrogen and oxygen atoms in total. The number of hydrogen-bond donors (Lipinski definition) is 2. The van der Waals surface area contributed by atoms with Crippen molar-refractivity contribution in [2.75, 3.05) is 0 Å². The lowest BCUT2D eigenvalue weighted by atomic mass is 10.1. The molecule has 2 heterocycles. The van der Waals surface area contributed by atoms with E-state index in [1.165, 1.54) is 6.33 Å². The summed E-state index contributed by atoms with van der Waals surface area (Å²) >= 11 is 5.94. The van der Waals surface area contributed by atoms with Crippen LogP contribution in [0, 0.1) is 0 Å². The van der Waals surface area contributed by atoms with Crippen LogP contribution in [0.15, 0.2) is 12.5 Å². The predicted molar refractivity (Wildman–Crippen MR) is 52.6 cm³/mol. The zero-order chi connectivity index (χ0) is 10.1. The number of nitrogens with two attached hydrogens (primary N) is 1. The molecule has 6 heteroatoms. The normalized spacial score (nSPS) is 13.4. The lowest BCUT2D eigenvalue weighted by Gasteiger charge is -2.06. The maximum Gasteiger partial charge on any atom is 0.142 e. The Balaban J connectivity index is 2.67. The van der Waals surface area contributed by atoms with E-state index in [1.807, 2.05) is 6.92 Å². The van der Waals surface area contributed by atoms with Gasteiger partial charge < -0.3 is 4.98 Å². The Kier molecular flexibility index (Phi) is 2.37. The Morgan fingerprint density at radius 1 is 1.57 bits per heavy atom. The third-order valence-electron chi connectivity index (χ3n) is 2.10. The van der Waals surface area contributed by atoms with E-state index in [1.54, 1.807) is 6.20 Å². The van der Waals surface area contributed by atoms with Crippen molar-refractivity contribution < 1.29 is 4.84 Å². The molecule has 0 saturated carbocycles. The quantitative estimate of drug-likeness (QED) is 0.585. The van der Waals surface area contributed by atoms with Crippen LogP contribution >= 0.6 is 11.6 Å². The van der Waals surface area contributed by atoms with Crippen molar-refractivity contribution in [3.05, 3.63) is 23.2 Å². The number of H-pyrrole nitrogens is 1. The minimum absolute atomic E-state index is 0.243. The van der Waals surface area contributed by atoms with Gasteiger partial charge in [0.1, 0.15) is 23.2 Å². The summed E-state index contributed by atoms with van der Waals surface area (Å²) in [6.07, 6.45) is 2.93. The van der Waals surface area contributed by atoms with Crippen LogP contribution in [0.1, 0.15) is 18.6 Å². The molecule has 1 atom stereocenters. The van der Waals surface area contributed by atoms with Crippen LogP contribution in [0.3, 0.4) is 0 Å². The van der Waals surface area contributed by atoms with Gasteiger partial charge in [0.25, 0.3) is 0 Å². The van der Waals surface area contributed by atoms with Crippen LogP contribution in [-0.2, 0) is 4.84 Å². The van der Waals surface area contributed by atoms with Crippen molar-refractivity contribution in [2.24, 2.45) is 5.90 Å². The Bertz CT molecular complexity index is 456. The number of hydrogen-bond acceptors (Lipinski definition) is 4. The number of fused-ring (bicyclic) bond motifs is 1. The second kappa shape index (κ2) is 3.53. The van der Waals surface area contributed by atoms with Crippen LogP contribution in [0.5, 0.6) is 0 Å².